The second kappa shape index (κ2) is 9.18. The van der Waals surface area contributed by atoms with Crippen LogP contribution in [0.3, 0.4) is 0 Å². The van der Waals surface area contributed by atoms with Gasteiger partial charge in [-0.25, -0.2) is 8.78 Å². The number of halogens is 2. The molecule has 0 aromatic heterocycles. The van der Waals surface area contributed by atoms with Crippen LogP contribution in [0.4, 0.5) is 8.78 Å². The van der Waals surface area contributed by atoms with Gasteiger partial charge in [0.1, 0.15) is 11.6 Å². The van der Waals surface area contributed by atoms with Crippen LogP contribution < -0.4 is 0 Å². The highest BCUT2D eigenvalue weighted by molar-refractivity contribution is 5.65. The zero-order chi connectivity index (χ0) is 19.2. The first kappa shape index (κ1) is 19.6. The molecule has 142 valence electrons. The summed E-state index contributed by atoms with van der Waals surface area (Å²) in [5.41, 5.74) is 2.38. The molecule has 2 aromatic carbocycles. The Hall–Kier alpha value is -2.14. The molecule has 0 aliphatic heterocycles. The van der Waals surface area contributed by atoms with Crippen molar-refractivity contribution in [1.29, 1.82) is 0 Å². The van der Waals surface area contributed by atoms with Crippen molar-refractivity contribution < 1.29 is 8.78 Å². The highest BCUT2D eigenvalue weighted by Crippen LogP contribution is 2.38. The summed E-state index contributed by atoms with van der Waals surface area (Å²) in [6.45, 7) is 2.26. The fourth-order valence-electron chi connectivity index (χ4n) is 4.29. The molecule has 0 radical (unpaired) electrons. The summed E-state index contributed by atoms with van der Waals surface area (Å²) in [4.78, 5) is 0. The molecular formula is C25H28F2. The molecule has 0 spiro atoms. The van der Waals surface area contributed by atoms with Crippen molar-refractivity contribution >= 4 is 0 Å². The van der Waals surface area contributed by atoms with E-state index < -0.39 is 11.6 Å². The lowest BCUT2D eigenvalue weighted by Gasteiger charge is -2.29. The van der Waals surface area contributed by atoms with Gasteiger partial charge in [-0.05, 0) is 66.3 Å². The van der Waals surface area contributed by atoms with Crippen LogP contribution in [0.2, 0.25) is 0 Å². The lowest BCUT2D eigenvalue weighted by atomic mass is 9.77. The van der Waals surface area contributed by atoms with Gasteiger partial charge in [0.15, 0.2) is 0 Å². The number of benzene rings is 2. The van der Waals surface area contributed by atoms with Crippen molar-refractivity contribution in [2.24, 2.45) is 5.92 Å². The van der Waals surface area contributed by atoms with Gasteiger partial charge in [0, 0.05) is 0 Å². The largest absolute Gasteiger partial charge is 0.205 e. The lowest BCUT2D eigenvalue weighted by Crippen LogP contribution is -2.13. The third-order valence-corrected chi connectivity index (χ3v) is 5.96. The van der Waals surface area contributed by atoms with Gasteiger partial charge in [-0.2, -0.15) is 0 Å². The molecule has 0 saturated heterocycles. The molecule has 27 heavy (non-hydrogen) atoms. The van der Waals surface area contributed by atoms with Crippen molar-refractivity contribution in [3.05, 3.63) is 59.2 Å². The maximum atomic E-state index is 13.9. The molecule has 0 nitrogen and oxygen atoms in total. The second-order valence-electron chi connectivity index (χ2n) is 7.79. The molecule has 0 bridgehead atoms. The van der Waals surface area contributed by atoms with E-state index in [0.29, 0.717) is 11.5 Å². The zero-order valence-electron chi connectivity index (χ0n) is 16.1. The van der Waals surface area contributed by atoms with Crippen molar-refractivity contribution in [3.8, 4) is 23.5 Å². The number of terminal acetylenes is 1. The molecule has 0 atom stereocenters. The standard InChI is InChI=1S/C25H28F2/c1-3-5-6-7-18-8-10-19(11-9-18)20-12-14-21(15-13-20)22-16-24(26)23(4-2)25(27)17-22/h2,12-19H,3,5-11H2,1H3. The Morgan fingerprint density at radius 1 is 0.926 bits per heavy atom. The minimum atomic E-state index is -0.682. The highest BCUT2D eigenvalue weighted by Gasteiger charge is 2.22. The number of hydrogen-bond donors (Lipinski definition) is 0. The minimum Gasteiger partial charge on any atom is -0.205 e. The van der Waals surface area contributed by atoms with E-state index in [9.17, 15) is 8.78 Å². The van der Waals surface area contributed by atoms with Crippen molar-refractivity contribution in [3.63, 3.8) is 0 Å². The Morgan fingerprint density at radius 2 is 1.56 bits per heavy atom. The Labute approximate surface area is 162 Å². The summed E-state index contributed by atoms with van der Waals surface area (Å²) in [6, 6.07) is 10.8. The fraction of sp³-hybridized carbons (Fsp3) is 0.440. The minimum absolute atomic E-state index is 0.300. The highest BCUT2D eigenvalue weighted by atomic mass is 19.1. The van der Waals surface area contributed by atoms with Crippen LogP contribution in [0.25, 0.3) is 11.1 Å². The molecule has 2 heteroatoms. The Balaban J connectivity index is 1.64. The summed E-state index contributed by atoms with van der Waals surface area (Å²) >= 11 is 0. The van der Waals surface area contributed by atoms with Gasteiger partial charge in [-0.1, -0.05) is 62.8 Å². The molecule has 0 unspecified atom stereocenters. The number of rotatable bonds is 6. The van der Waals surface area contributed by atoms with E-state index >= 15 is 0 Å². The van der Waals surface area contributed by atoms with Crippen LogP contribution in [0.15, 0.2) is 36.4 Å². The first-order valence-corrected chi connectivity index (χ1v) is 10.2. The third kappa shape index (κ3) is 4.78. The maximum absolute atomic E-state index is 13.9. The van der Waals surface area contributed by atoms with Crippen LogP contribution in [0.5, 0.6) is 0 Å². The average molecular weight is 366 g/mol. The van der Waals surface area contributed by atoms with Gasteiger partial charge in [0.2, 0.25) is 0 Å². The Bertz CT molecular complexity index is 767. The van der Waals surface area contributed by atoms with Gasteiger partial charge in [-0.3, -0.25) is 0 Å². The van der Waals surface area contributed by atoms with Crippen LogP contribution in [-0.2, 0) is 0 Å². The zero-order valence-corrected chi connectivity index (χ0v) is 16.1. The summed E-state index contributed by atoms with van der Waals surface area (Å²) in [5.74, 6) is 2.20. The topological polar surface area (TPSA) is 0 Å². The Morgan fingerprint density at radius 3 is 2.11 bits per heavy atom. The molecular weight excluding hydrogens is 338 g/mol. The van der Waals surface area contributed by atoms with Gasteiger partial charge in [0.05, 0.1) is 5.56 Å². The normalized spacial score (nSPS) is 19.6. The van der Waals surface area contributed by atoms with E-state index in [2.05, 4.69) is 25.0 Å². The summed E-state index contributed by atoms with van der Waals surface area (Å²) in [6.07, 6.45) is 15.7. The quantitative estimate of drug-likeness (QED) is 0.367. The van der Waals surface area contributed by atoms with E-state index in [-0.39, 0.29) is 5.56 Å². The van der Waals surface area contributed by atoms with E-state index in [1.54, 1.807) is 0 Å². The summed E-state index contributed by atoms with van der Waals surface area (Å²) in [7, 11) is 0. The number of hydrogen-bond acceptors (Lipinski definition) is 0. The van der Waals surface area contributed by atoms with E-state index in [0.717, 1.165) is 11.5 Å². The molecule has 0 heterocycles. The van der Waals surface area contributed by atoms with Gasteiger partial charge in [-0.15, -0.1) is 6.42 Å². The van der Waals surface area contributed by atoms with Crippen molar-refractivity contribution in [2.75, 3.05) is 0 Å². The van der Waals surface area contributed by atoms with Crippen LogP contribution >= 0.6 is 0 Å². The van der Waals surface area contributed by atoms with Crippen LogP contribution in [-0.4, -0.2) is 0 Å². The molecule has 3 rings (SSSR count). The lowest BCUT2D eigenvalue weighted by molar-refractivity contribution is 0.303. The molecule has 2 aromatic rings. The predicted octanol–water partition coefficient (Wildman–Crippen LogP) is 7.47. The first-order chi connectivity index (χ1) is 13.1. The average Bonchev–Trinajstić information content (AvgIpc) is 2.69. The molecule has 1 saturated carbocycles. The van der Waals surface area contributed by atoms with E-state index in [1.165, 1.54) is 69.1 Å². The maximum Gasteiger partial charge on any atom is 0.142 e. The molecule has 1 fully saturated rings. The first-order valence-electron chi connectivity index (χ1n) is 10.2. The van der Waals surface area contributed by atoms with Crippen LogP contribution in [0.1, 0.15) is 75.3 Å². The molecule has 1 aliphatic carbocycles. The molecule has 0 N–H and O–H groups in total. The third-order valence-electron chi connectivity index (χ3n) is 5.96. The predicted molar refractivity (Wildman–Crippen MR) is 109 cm³/mol. The monoisotopic (exact) mass is 366 g/mol. The summed E-state index contributed by atoms with van der Waals surface area (Å²) < 4.78 is 27.9. The number of unbranched alkanes of at least 4 members (excludes halogenated alkanes) is 2. The fourth-order valence-corrected chi connectivity index (χ4v) is 4.29. The van der Waals surface area contributed by atoms with Gasteiger partial charge < -0.3 is 0 Å². The Kier molecular flexibility index (Phi) is 6.67. The smallest absolute Gasteiger partial charge is 0.142 e. The second-order valence-corrected chi connectivity index (χ2v) is 7.79. The van der Waals surface area contributed by atoms with Gasteiger partial charge in [0.25, 0.3) is 0 Å². The van der Waals surface area contributed by atoms with Crippen molar-refractivity contribution in [1.82, 2.24) is 0 Å². The summed E-state index contributed by atoms with van der Waals surface area (Å²) in [5, 5.41) is 0. The van der Waals surface area contributed by atoms with Crippen molar-refractivity contribution in [2.45, 2.75) is 64.2 Å². The van der Waals surface area contributed by atoms with Gasteiger partial charge >= 0.3 is 0 Å². The van der Waals surface area contributed by atoms with E-state index in [1.807, 2.05) is 12.1 Å². The van der Waals surface area contributed by atoms with Crippen LogP contribution in [0, 0.1) is 29.9 Å². The molecule has 0 amide bonds. The SMILES string of the molecule is C#Cc1c(F)cc(-c2ccc(C3CCC(CCCCC)CC3)cc2)cc1F. The molecule has 1 aliphatic rings. The van der Waals surface area contributed by atoms with E-state index in [4.69, 9.17) is 6.42 Å².